The second kappa shape index (κ2) is 5.76. The predicted molar refractivity (Wildman–Crippen MR) is 69.1 cm³/mol. The van der Waals surface area contributed by atoms with E-state index in [1.807, 2.05) is 6.08 Å². The SMILES string of the molecule is OC[C@H]1C=C[C@@H](NCc2ccc(F)c(Br)c2)C1. The van der Waals surface area contributed by atoms with Crippen molar-refractivity contribution in [1.29, 1.82) is 0 Å². The van der Waals surface area contributed by atoms with Gasteiger partial charge in [0.15, 0.2) is 0 Å². The van der Waals surface area contributed by atoms with Crippen LogP contribution in [0.1, 0.15) is 12.0 Å². The first kappa shape index (κ1) is 12.7. The van der Waals surface area contributed by atoms with Crippen molar-refractivity contribution in [2.24, 2.45) is 5.92 Å². The van der Waals surface area contributed by atoms with E-state index < -0.39 is 0 Å². The number of nitrogens with one attached hydrogen (secondary N) is 1. The summed E-state index contributed by atoms with van der Waals surface area (Å²) in [6, 6.07) is 5.32. The largest absolute Gasteiger partial charge is 0.396 e. The third-order valence-corrected chi connectivity index (χ3v) is 3.57. The second-order valence-corrected chi connectivity index (χ2v) is 5.15. The van der Waals surface area contributed by atoms with E-state index in [-0.39, 0.29) is 18.3 Å². The van der Waals surface area contributed by atoms with Gasteiger partial charge >= 0.3 is 0 Å². The van der Waals surface area contributed by atoms with Crippen LogP contribution in [0.25, 0.3) is 0 Å². The van der Waals surface area contributed by atoms with E-state index in [1.165, 1.54) is 6.07 Å². The van der Waals surface area contributed by atoms with Crippen molar-refractivity contribution in [1.82, 2.24) is 5.32 Å². The van der Waals surface area contributed by atoms with Gasteiger partial charge < -0.3 is 10.4 Å². The van der Waals surface area contributed by atoms with Gasteiger partial charge in [-0.2, -0.15) is 0 Å². The zero-order valence-corrected chi connectivity index (χ0v) is 11.0. The van der Waals surface area contributed by atoms with E-state index in [1.54, 1.807) is 12.1 Å². The van der Waals surface area contributed by atoms with Crippen LogP contribution in [0.2, 0.25) is 0 Å². The fourth-order valence-electron chi connectivity index (χ4n) is 1.96. The van der Waals surface area contributed by atoms with Crippen molar-refractivity contribution in [2.75, 3.05) is 6.61 Å². The number of aliphatic hydroxyl groups excluding tert-OH is 1. The highest BCUT2D eigenvalue weighted by Gasteiger charge is 2.17. The molecule has 92 valence electrons. The molecular weight excluding hydrogens is 285 g/mol. The molecule has 2 N–H and O–H groups in total. The molecule has 0 heterocycles. The number of hydrogen-bond donors (Lipinski definition) is 2. The maximum atomic E-state index is 13.0. The average molecular weight is 300 g/mol. The molecule has 1 aliphatic carbocycles. The Morgan fingerprint density at radius 1 is 1.41 bits per heavy atom. The van der Waals surface area contributed by atoms with E-state index in [9.17, 15) is 4.39 Å². The van der Waals surface area contributed by atoms with Crippen LogP contribution in [0, 0.1) is 11.7 Å². The normalized spacial score (nSPS) is 23.2. The summed E-state index contributed by atoms with van der Waals surface area (Å²) in [5, 5.41) is 12.4. The number of benzene rings is 1. The first-order valence-corrected chi connectivity index (χ1v) is 6.45. The Kier molecular flexibility index (Phi) is 4.31. The van der Waals surface area contributed by atoms with Crippen molar-refractivity contribution in [3.8, 4) is 0 Å². The summed E-state index contributed by atoms with van der Waals surface area (Å²) >= 11 is 3.17. The minimum Gasteiger partial charge on any atom is -0.396 e. The van der Waals surface area contributed by atoms with Crippen LogP contribution in [-0.4, -0.2) is 17.8 Å². The molecular formula is C13H15BrFNO. The van der Waals surface area contributed by atoms with Gasteiger partial charge in [-0.05, 0) is 40.0 Å². The van der Waals surface area contributed by atoms with Gasteiger partial charge in [-0.3, -0.25) is 0 Å². The van der Waals surface area contributed by atoms with E-state index >= 15 is 0 Å². The van der Waals surface area contributed by atoms with Crippen molar-refractivity contribution in [3.05, 3.63) is 46.2 Å². The van der Waals surface area contributed by atoms with E-state index in [0.717, 1.165) is 12.0 Å². The Labute approximate surface area is 109 Å². The zero-order valence-electron chi connectivity index (χ0n) is 9.37. The second-order valence-electron chi connectivity index (χ2n) is 4.30. The highest BCUT2D eigenvalue weighted by atomic mass is 79.9. The maximum Gasteiger partial charge on any atom is 0.137 e. The van der Waals surface area contributed by atoms with Crippen LogP contribution in [-0.2, 0) is 6.54 Å². The fraction of sp³-hybridized carbons (Fsp3) is 0.385. The molecule has 0 aliphatic heterocycles. The molecule has 0 aromatic heterocycles. The highest BCUT2D eigenvalue weighted by Crippen LogP contribution is 2.19. The van der Waals surface area contributed by atoms with E-state index in [4.69, 9.17) is 5.11 Å². The lowest BCUT2D eigenvalue weighted by molar-refractivity contribution is 0.246. The topological polar surface area (TPSA) is 32.3 Å². The molecule has 0 saturated heterocycles. The third kappa shape index (κ3) is 3.37. The molecule has 0 bridgehead atoms. The van der Waals surface area contributed by atoms with Crippen LogP contribution in [0.15, 0.2) is 34.8 Å². The Morgan fingerprint density at radius 3 is 2.88 bits per heavy atom. The number of hydrogen-bond acceptors (Lipinski definition) is 2. The summed E-state index contributed by atoms with van der Waals surface area (Å²) < 4.78 is 13.5. The monoisotopic (exact) mass is 299 g/mol. The van der Waals surface area contributed by atoms with Gasteiger partial charge in [-0.1, -0.05) is 18.2 Å². The smallest absolute Gasteiger partial charge is 0.137 e. The Bertz CT molecular complexity index is 422. The quantitative estimate of drug-likeness (QED) is 0.838. The summed E-state index contributed by atoms with van der Waals surface area (Å²) in [6.45, 7) is 0.906. The lowest BCUT2D eigenvalue weighted by Crippen LogP contribution is -2.26. The fourth-order valence-corrected chi connectivity index (χ4v) is 2.39. The summed E-state index contributed by atoms with van der Waals surface area (Å²) in [7, 11) is 0. The van der Waals surface area contributed by atoms with Gasteiger partial charge in [0.2, 0.25) is 0 Å². The summed E-state index contributed by atoms with van der Waals surface area (Å²) in [5.41, 5.74) is 1.04. The number of rotatable bonds is 4. The van der Waals surface area contributed by atoms with Crippen LogP contribution >= 0.6 is 15.9 Å². The molecule has 0 amide bonds. The van der Waals surface area contributed by atoms with Crippen molar-refractivity contribution in [3.63, 3.8) is 0 Å². The van der Waals surface area contributed by atoms with Crippen LogP contribution in [0.4, 0.5) is 4.39 Å². The Morgan fingerprint density at radius 2 is 2.24 bits per heavy atom. The summed E-state index contributed by atoms with van der Waals surface area (Å²) in [4.78, 5) is 0. The summed E-state index contributed by atoms with van der Waals surface area (Å²) in [6.07, 6.45) is 5.05. The molecule has 17 heavy (non-hydrogen) atoms. The maximum absolute atomic E-state index is 13.0. The van der Waals surface area contributed by atoms with Gasteiger partial charge in [-0.15, -0.1) is 0 Å². The van der Waals surface area contributed by atoms with Gasteiger partial charge in [0.25, 0.3) is 0 Å². The lowest BCUT2D eigenvalue weighted by Gasteiger charge is -2.12. The van der Waals surface area contributed by atoms with Gasteiger partial charge in [-0.25, -0.2) is 4.39 Å². The zero-order chi connectivity index (χ0) is 12.3. The predicted octanol–water partition coefficient (Wildman–Crippen LogP) is 2.61. The van der Waals surface area contributed by atoms with Crippen LogP contribution in [0.3, 0.4) is 0 Å². The molecule has 2 rings (SSSR count). The molecule has 0 spiro atoms. The summed E-state index contributed by atoms with van der Waals surface area (Å²) in [5.74, 6) is 0.0299. The minimum atomic E-state index is -0.241. The molecule has 0 saturated carbocycles. The Balaban J connectivity index is 1.86. The first-order chi connectivity index (χ1) is 8.19. The van der Waals surface area contributed by atoms with Crippen molar-refractivity contribution in [2.45, 2.75) is 19.0 Å². The number of halogens is 2. The molecule has 1 aromatic rings. The van der Waals surface area contributed by atoms with Crippen molar-refractivity contribution >= 4 is 15.9 Å². The van der Waals surface area contributed by atoms with Gasteiger partial charge in [0.1, 0.15) is 5.82 Å². The standard InChI is InChI=1S/C13H15BrFNO/c14-12-6-9(2-4-13(12)15)7-16-11-3-1-10(5-11)8-17/h1-4,6,10-11,16-17H,5,7-8H2/t10-,11+/m0/s1. The molecule has 0 unspecified atom stereocenters. The number of aliphatic hydroxyl groups is 1. The van der Waals surface area contributed by atoms with E-state index in [2.05, 4.69) is 27.3 Å². The first-order valence-electron chi connectivity index (χ1n) is 5.65. The molecule has 1 aliphatic rings. The Hall–Kier alpha value is -0.710. The minimum absolute atomic E-state index is 0.205. The van der Waals surface area contributed by atoms with Gasteiger partial charge in [0, 0.05) is 25.1 Å². The third-order valence-electron chi connectivity index (χ3n) is 2.96. The lowest BCUT2D eigenvalue weighted by atomic mass is 10.1. The molecule has 1 aromatic carbocycles. The highest BCUT2D eigenvalue weighted by molar-refractivity contribution is 9.10. The molecule has 2 nitrogen and oxygen atoms in total. The molecule has 4 heteroatoms. The van der Waals surface area contributed by atoms with Gasteiger partial charge in [0.05, 0.1) is 4.47 Å². The molecule has 0 fully saturated rings. The molecule has 2 atom stereocenters. The van der Waals surface area contributed by atoms with Crippen molar-refractivity contribution < 1.29 is 9.50 Å². The van der Waals surface area contributed by atoms with Crippen LogP contribution < -0.4 is 5.32 Å². The average Bonchev–Trinajstić information content (AvgIpc) is 2.79. The van der Waals surface area contributed by atoms with Crippen LogP contribution in [0.5, 0.6) is 0 Å². The van der Waals surface area contributed by atoms with E-state index in [0.29, 0.717) is 17.1 Å². The molecule has 0 radical (unpaired) electrons.